The molecule has 2 unspecified atom stereocenters. The number of hydrogen-bond donors (Lipinski definition) is 1. The summed E-state index contributed by atoms with van der Waals surface area (Å²) < 4.78 is 0. The van der Waals surface area contributed by atoms with Crippen molar-refractivity contribution in [2.24, 2.45) is 17.8 Å². The van der Waals surface area contributed by atoms with Gasteiger partial charge in [0, 0.05) is 0 Å². The van der Waals surface area contributed by atoms with Gasteiger partial charge in [-0.15, -0.1) is 0 Å². The van der Waals surface area contributed by atoms with Gasteiger partial charge in [0.1, 0.15) is 0 Å². The molecule has 2 nitrogen and oxygen atoms in total. The zero-order valence-corrected chi connectivity index (χ0v) is 7.92. The summed E-state index contributed by atoms with van der Waals surface area (Å²) in [5.74, 6) is 0.835. The van der Waals surface area contributed by atoms with Crippen molar-refractivity contribution in [2.45, 2.75) is 39.5 Å². The topological polar surface area (TPSA) is 37.3 Å². The third-order valence-corrected chi connectivity index (χ3v) is 2.90. The maximum atomic E-state index is 10.5. The smallest absolute Gasteiger partial charge is 0.306 e. The van der Waals surface area contributed by atoms with Crippen LogP contribution in [0.25, 0.3) is 0 Å². The molecule has 1 fully saturated rings. The number of carbonyl (C=O) groups is 1. The summed E-state index contributed by atoms with van der Waals surface area (Å²) in [6, 6.07) is 0. The van der Waals surface area contributed by atoms with Gasteiger partial charge in [-0.25, -0.2) is 0 Å². The fourth-order valence-corrected chi connectivity index (χ4v) is 1.54. The molecule has 0 spiro atoms. The van der Waals surface area contributed by atoms with Crippen molar-refractivity contribution in [1.82, 2.24) is 0 Å². The third kappa shape index (κ3) is 2.84. The van der Waals surface area contributed by atoms with Crippen LogP contribution < -0.4 is 0 Å². The van der Waals surface area contributed by atoms with Crippen LogP contribution in [0, 0.1) is 17.8 Å². The first-order chi connectivity index (χ1) is 5.61. The van der Waals surface area contributed by atoms with Crippen LogP contribution >= 0.6 is 0 Å². The molecule has 0 radical (unpaired) electrons. The molecule has 0 aromatic carbocycles. The molecular weight excluding hydrogens is 152 g/mol. The molecule has 2 heteroatoms. The standard InChI is InChI=1S/C10H18O2/c1-7(9-5-6-9)3-4-8(2)10(11)12/h7-9H,3-6H2,1-2H3,(H,11,12). The van der Waals surface area contributed by atoms with E-state index in [4.69, 9.17) is 5.11 Å². The van der Waals surface area contributed by atoms with E-state index in [9.17, 15) is 4.79 Å². The molecule has 0 bridgehead atoms. The van der Waals surface area contributed by atoms with Crippen molar-refractivity contribution in [3.8, 4) is 0 Å². The van der Waals surface area contributed by atoms with Gasteiger partial charge in [-0.1, -0.05) is 13.8 Å². The first kappa shape index (κ1) is 9.56. The van der Waals surface area contributed by atoms with Gasteiger partial charge in [0.05, 0.1) is 5.92 Å². The minimum absolute atomic E-state index is 0.161. The number of aliphatic carboxylic acids is 1. The summed E-state index contributed by atoms with van der Waals surface area (Å²) in [4.78, 5) is 10.5. The van der Waals surface area contributed by atoms with E-state index >= 15 is 0 Å². The highest BCUT2D eigenvalue weighted by Gasteiger charge is 2.28. The molecule has 70 valence electrons. The van der Waals surface area contributed by atoms with Crippen LogP contribution in [0.15, 0.2) is 0 Å². The van der Waals surface area contributed by atoms with Crippen molar-refractivity contribution < 1.29 is 9.90 Å². The van der Waals surface area contributed by atoms with Crippen LogP contribution in [0.1, 0.15) is 39.5 Å². The Morgan fingerprint density at radius 2 is 2.00 bits per heavy atom. The monoisotopic (exact) mass is 170 g/mol. The second-order valence-corrected chi connectivity index (χ2v) is 4.13. The lowest BCUT2D eigenvalue weighted by molar-refractivity contribution is -0.141. The maximum absolute atomic E-state index is 10.5. The molecule has 0 aromatic heterocycles. The van der Waals surface area contributed by atoms with Crippen LogP contribution in [0.4, 0.5) is 0 Å². The molecule has 0 heterocycles. The van der Waals surface area contributed by atoms with E-state index in [1.54, 1.807) is 6.92 Å². The molecule has 1 rings (SSSR count). The first-order valence-electron chi connectivity index (χ1n) is 4.84. The molecule has 0 saturated heterocycles. The molecule has 0 amide bonds. The highest BCUT2D eigenvalue weighted by Crippen LogP contribution is 2.39. The first-order valence-corrected chi connectivity index (χ1v) is 4.84. The maximum Gasteiger partial charge on any atom is 0.306 e. The van der Waals surface area contributed by atoms with Gasteiger partial charge < -0.3 is 5.11 Å². The average Bonchev–Trinajstić information content (AvgIpc) is 2.81. The minimum atomic E-state index is -0.655. The molecule has 1 aliphatic rings. The van der Waals surface area contributed by atoms with Gasteiger partial charge in [0.2, 0.25) is 0 Å². The Balaban J connectivity index is 2.11. The molecule has 1 aliphatic carbocycles. The predicted molar refractivity (Wildman–Crippen MR) is 47.9 cm³/mol. The molecule has 12 heavy (non-hydrogen) atoms. The van der Waals surface area contributed by atoms with E-state index in [2.05, 4.69) is 6.92 Å². The molecule has 0 aliphatic heterocycles. The van der Waals surface area contributed by atoms with E-state index in [1.807, 2.05) is 0 Å². The fraction of sp³-hybridized carbons (Fsp3) is 0.900. The van der Waals surface area contributed by atoms with E-state index < -0.39 is 5.97 Å². The zero-order valence-electron chi connectivity index (χ0n) is 7.92. The van der Waals surface area contributed by atoms with Crippen LogP contribution in [0.5, 0.6) is 0 Å². The summed E-state index contributed by atoms with van der Waals surface area (Å²) in [6.07, 6.45) is 4.65. The van der Waals surface area contributed by atoms with E-state index in [0.717, 1.165) is 24.7 Å². The Bertz CT molecular complexity index is 161. The Hall–Kier alpha value is -0.530. The van der Waals surface area contributed by atoms with E-state index in [0.29, 0.717) is 0 Å². The van der Waals surface area contributed by atoms with Crippen molar-refractivity contribution in [3.63, 3.8) is 0 Å². The summed E-state index contributed by atoms with van der Waals surface area (Å²) in [5, 5.41) is 8.65. The molecule has 1 saturated carbocycles. The number of carboxylic acid groups (broad SMARTS) is 1. The van der Waals surface area contributed by atoms with Crippen LogP contribution in [0.2, 0.25) is 0 Å². The summed E-state index contributed by atoms with van der Waals surface area (Å²) in [6.45, 7) is 4.04. The molecule has 0 aromatic rings. The largest absolute Gasteiger partial charge is 0.481 e. The average molecular weight is 170 g/mol. The minimum Gasteiger partial charge on any atom is -0.481 e. The number of hydrogen-bond acceptors (Lipinski definition) is 1. The third-order valence-electron chi connectivity index (χ3n) is 2.90. The lowest BCUT2D eigenvalue weighted by atomic mass is 9.95. The lowest BCUT2D eigenvalue weighted by Crippen LogP contribution is -2.11. The lowest BCUT2D eigenvalue weighted by Gasteiger charge is -2.11. The second kappa shape index (κ2) is 3.92. The van der Waals surface area contributed by atoms with E-state index in [-0.39, 0.29) is 5.92 Å². The Morgan fingerprint density at radius 3 is 2.42 bits per heavy atom. The van der Waals surface area contributed by atoms with Gasteiger partial charge in [-0.3, -0.25) is 4.79 Å². The van der Waals surface area contributed by atoms with Gasteiger partial charge in [0.15, 0.2) is 0 Å². The van der Waals surface area contributed by atoms with Gasteiger partial charge in [0.25, 0.3) is 0 Å². The Morgan fingerprint density at radius 1 is 1.42 bits per heavy atom. The highest BCUT2D eigenvalue weighted by molar-refractivity contribution is 5.69. The van der Waals surface area contributed by atoms with Crippen LogP contribution in [-0.4, -0.2) is 11.1 Å². The van der Waals surface area contributed by atoms with Crippen LogP contribution in [0.3, 0.4) is 0 Å². The SMILES string of the molecule is CC(CCC(C)C1CC1)C(=O)O. The normalized spacial score (nSPS) is 21.8. The molecule has 1 N–H and O–H groups in total. The second-order valence-electron chi connectivity index (χ2n) is 4.13. The summed E-state index contributed by atoms with van der Waals surface area (Å²) in [5.41, 5.74) is 0. The van der Waals surface area contributed by atoms with Gasteiger partial charge in [-0.05, 0) is 37.5 Å². The summed E-state index contributed by atoms with van der Waals surface area (Å²) >= 11 is 0. The Kier molecular flexibility index (Phi) is 3.12. The fourth-order valence-electron chi connectivity index (χ4n) is 1.54. The van der Waals surface area contributed by atoms with Crippen molar-refractivity contribution in [1.29, 1.82) is 0 Å². The van der Waals surface area contributed by atoms with Gasteiger partial charge in [-0.2, -0.15) is 0 Å². The summed E-state index contributed by atoms with van der Waals surface area (Å²) in [7, 11) is 0. The molecule has 2 atom stereocenters. The quantitative estimate of drug-likeness (QED) is 0.688. The van der Waals surface area contributed by atoms with E-state index in [1.165, 1.54) is 12.8 Å². The number of carboxylic acids is 1. The van der Waals surface area contributed by atoms with Crippen molar-refractivity contribution in [3.05, 3.63) is 0 Å². The van der Waals surface area contributed by atoms with Crippen molar-refractivity contribution >= 4 is 5.97 Å². The van der Waals surface area contributed by atoms with Crippen molar-refractivity contribution in [2.75, 3.05) is 0 Å². The molecular formula is C10H18O2. The van der Waals surface area contributed by atoms with Crippen LogP contribution in [-0.2, 0) is 4.79 Å². The predicted octanol–water partition coefficient (Wildman–Crippen LogP) is 2.53. The number of rotatable bonds is 5. The highest BCUT2D eigenvalue weighted by atomic mass is 16.4. The Labute approximate surface area is 74.0 Å². The van der Waals surface area contributed by atoms with Gasteiger partial charge >= 0.3 is 5.97 Å². The zero-order chi connectivity index (χ0) is 9.14.